The Morgan fingerprint density at radius 3 is 2.69 bits per heavy atom. The van der Waals surface area contributed by atoms with Gasteiger partial charge in [0.2, 0.25) is 0 Å². The topological polar surface area (TPSA) is 96.8 Å². The van der Waals surface area contributed by atoms with E-state index in [0.717, 1.165) is 11.3 Å². The van der Waals surface area contributed by atoms with Crippen LogP contribution in [0.2, 0.25) is 0 Å². The van der Waals surface area contributed by atoms with Crippen LogP contribution in [0.5, 0.6) is 0 Å². The summed E-state index contributed by atoms with van der Waals surface area (Å²) in [4.78, 5) is 27.7. The lowest BCUT2D eigenvalue weighted by atomic mass is 10.3. The maximum absolute atomic E-state index is 12.0. The molecule has 0 fully saturated rings. The molecule has 2 heterocycles. The zero-order valence-corrected chi connectivity index (χ0v) is 14.2. The Bertz CT molecular complexity index is 889. The van der Waals surface area contributed by atoms with E-state index in [2.05, 4.69) is 25.7 Å². The van der Waals surface area contributed by atoms with Gasteiger partial charge in [0.1, 0.15) is 5.65 Å². The number of anilines is 2. The summed E-state index contributed by atoms with van der Waals surface area (Å²) in [6.07, 6.45) is 3.93. The number of hydrogen-bond donors (Lipinski definition) is 3. The van der Waals surface area contributed by atoms with Crippen molar-refractivity contribution in [3.8, 4) is 0 Å². The number of carbonyl (C=O) groups is 2. The van der Waals surface area contributed by atoms with Crippen molar-refractivity contribution in [3.63, 3.8) is 0 Å². The van der Waals surface area contributed by atoms with Gasteiger partial charge in [0.25, 0.3) is 0 Å². The molecular formula is C18H19N5O3. The number of methoxy groups -OCH3 is 1. The first-order valence-electron chi connectivity index (χ1n) is 8.06. The highest BCUT2D eigenvalue weighted by Crippen LogP contribution is 2.15. The Morgan fingerprint density at radius 2 is 1.92 bits per heavy atom. The van der Waals surface area contributed by atoms with Crippen LogP contribution in [0.25, 0.3) is 5.65 Å². The summed E-state index contributed by atoms with van der Waals surface area (Å²) in [6.45, 7) is 0.454. The van der Waals surface area contributed by atoms with Gasteiger partial charge < -0.3 is 19.8 Å². The van der Waals surface area contributed by atoms with Crippen LogP contribution in [0.15, 0.2) is 54.9 Å². The highest BCUT2D eigenvalue weighted by atomic mass is 16.5. The van der Waals surface area contributed by atoms with Crippen molar-refractivity contribution in [1.29, 1.82) is 0 Å². The Kier molecular flexibility index (Phi) is 5.33. The maximum atomic E-state index is 12.0. The minimum absolute atomic E-state index is 0.330. The third kappa shape index (κ3) is 4.50. The molecule has 0 bridgehead atoms. The van der Waals surface area contributed by atoms with Crippen LogP contribution in [0.1, 0.15) is 5.69 Å². The normalized spacial score (nSPS) is 10.3. The van der Waals surface area contributed by atoms with E-state index in [4.69, 9.17) is 0 Å². The lowest BCUT2D eigenvalue weighted by molar-refractivity contribution is 0.187. The van der Waals surface area contributed by atoms with Gasteiger partial charge in [0, 0.05) is 36.7 Å². The number of pyridine rings is 1. The molecule has 0 unspecified atom stereocenters. The average molecular weight is 353 g/mol. The van der Waals surface area contributed by atoms with E-state index in [1.54, 1.807) is 24.3 Å². The number of carbonyl (C=O) groups excluding carboxylic acids is 2. The van der Waals surface area contributed by atoms with Crippen LogP contribution in [0.4, 0.5) is 21.0 Å². The molecule has 0 aliphatic heterocycles. The number of ether oxygens (including phenoxy) is 1. The molecule has 2 aromatic heterocycles. The standard InChI is InChI=1S/C18H19N5O3/c1-26-18(25)22-14-6-4-5-13(11-14)21-17(24)19-9-8-15-12-23-10-3-2-7-16(23)20-15/h2-7,10-12H,8-9H2,1H3,(H,22,25)(H2,19,21,24). The fourth-order valence-electron chi connectivity index (χ4n) is 2.43. The number of fused-ring (bicyclic) bond motifs is 1. The van der Waals surface area contributed by atoms with Gasteiger partial charge in [0.05, 0.1) is 12.8 Å². The molecule has 3 amide bonds. The minimum atomic E-state index is -0.570. The SMILES string of the molecule is COC(=O)Nc1cccc(NC(=O)NCCc2cn3ccccc3n2)c1. The molecule has 3 aromatic rings. The summed E-state index contributed by atoms with van der Waals surface area (Å²) in [7, 11) is 1.29. The lowest BCUT2D eigenvalue weighted by Gasteiger charge is -2.09. The Labute approximate surface area is 150 Å². The Balaban J connectivity index is 1.49. The molecule has 0 radical (unpaired) electrons. The van der Waals surface area contributed by atoms with Crippen molar-refractivity contribution >= 4 is 29.1 Å². The molecule has 26 heavy (non-hydrogen) atoms. The summed E-state index contributed by atoms with van der Waals surface area (Å²) in [5.74, 6) is 0. The molecule has 8 heteroatoms. The predicted molar refractivity (Wildman–Crippen MR) is 98.4 cm³/mol. The maximum Gasteiger partial charge on any atom is 0.411 e. The monoisotopic (exact) mass is 353 g/mol. The summed E-state index contributed by atoms with van der Waals surface area (Å²) in [5.41, 5.74) is 2.87. The van der Waals surface area contributed by atoms with E-state index in [0.29, 0.717) is 24.3 Å². The van der Waals surface area contributed by atoms with E-state index in [9.17, 15) is 9.59 Å². The van der Waals surface area contributed by atoms with E-state index < -0.39 is 6.09 Å². The molecule has 0 atom stereocenters. The Hall–Kier alpha value is -3.55. The predicted octanol–water partition coefficient (Wildman–Crippen LogP) is 2.88. The van der Waals surface area contributed by atoms with Crippen LogP contribution < -0.4 is 16.0 Å². The van der Waals surface area contributed by atoms with Crippen molar-refractivity contribution in [2.45, 2.75) is 6.42 Å². The molecule has 134 valence electrons. The van der Waals surface area contributed by atoms with Crippen molar-refractivity contribution in [2.24, 2.45) is 0 Å². The van der Waals surface area contributed by atoms with Gasteiger partial charge in [-0.2, -0.15) is 0 Å². The lowest BCUT2D eigenvalue weighted by Crippen LogP contribution is -2.30. The number of amides is 3. The number of urea groups is 1. The molecule has 0 saturated heterocycles. The fourth-order valence-corrected chi connectivity index (χ4v) is 2.43. The number of aromatic nitrogens is 2. The van der Waals surface area contributed by atoms with Gasteiger partial charge in [-0.1, -0.05) is 12.1 Å². The first kappa shape index (κ1) is 17.3. The minimum Gasteiger partial charge on any atom is -0.453 e. The highest BCUT2D eigenvalue weighted by molar-refractivity contribution is 5.91. The van der Waals surface area contributed by atoms with Gasteiger partial charge >= 0.3 is 12.1 Å². The molecule has 0 aliphatic rings. The molecule has 0 spiro atoms. The smallest absolute Gasteiger partial charge is 0.411 e. The van der Waals surface area contributed by atoms with Crippen molar-refractivity contribution in [1.82, 2.24) is 14.7 Å². The number of nitrogens with zero attached hydrogens (tertiary/aromatic N) is 2. The van der Waals surface area contributed by atoms with Gasteiger partial charge in [-0.3, -0.25) is 5.32 Å². The molecular weight excluding hydrogens is 334 g/mol. The number of rotatable bonds is 5. The van der Waals surface area contributed by atoms with E-state index in [-0.39, 0.29) is 6.03 Å². The second kappa shape index (κ2) is 8.02. The van der Waals surface area contributed by atoms with E-state index in [1.165, 1.54) is 7.11 Å². The number of benzene rings is 1. The number of hydrogen-bond acceptors (Lipinski definition) is 4. The first-order chi connectivity index (χ1) is 12.6. The van der Waals surface area contributed by atoms with E-state index in [1.807, 2.05) is 35.0 Å². The molecule has 0 aliphatic carbocycles. The number of imidazole rings is 1. The third-order valence-corrected chi connectivity index (χ3v) is 3.63. The summed E-state index contributed by atoms with van der Waals surface area (Å²) >= 11 is 0. The fraction of sp³-hybridized carbons (Fsp3) is 0.167. The van der Waals surface area contributed by atoms with E-state index >= 15 is 0 Å². The molecule has 0 saturated carbocycles. The quantitative estimate of drug-likeness (QED) is 0.657. The summed E-state index contributed by atoms with van der Waals surface area (Å²) < 4.78 is 6.47. The largest absolute Gasteiger partial charge is 0.453 e. The Morgan fingerprint density at radius 1 is 1.12 bits per heavy atom. The van der Waals surface area contributed by atoms with Crippen LogP contribution >= 0.6 is 0 Å². The van der Waals surface area contributed by atoms with Crippen molar-refractivity contribution in [2.75, 3.05) is 24.3 Å². The van der Waals surface area contributed by atoms with Crippen LogP contribution in [0, 0.1) is 0 Å². The summed E-state index contributed by atoms with van der Waals surface area (Å²) in [5, 5.41) is 8.04. The molecule has 8 nitrogen and oxygen atoms in total. The van der Waals surface area contributed by atoms with Crippen LogP contribution in [-0.2, 0) is 11.2 Å². The van der Waals surface area contributed by atoms with Gasteiger partial charge in [-0.25, -0.2) is 14.6 Å². The zero-order valence-electron chi connectivity index (χ0n) is 14.2. The average Bonchev–Trinajstić information content (AvgIpc) is 3.04. The van der Waals surface area contributed by atoms with Crippen LogP contribution in [-0.4, -0.2) is 35.2 Å². The highest BCUT2D eigenvalue weighted by Gasteiger charge is 2.06. The van der Waals surface area contributed by atoms with Gasteiger partial charge in [-0.15, -0.1) is 0 Å². The second-order valence-electron chi connectivity index (χ2n) is 5.53. The molecule has 3 N–H and O–H groups in total. The van der Waals surface area contributed by atoms with Crippen LogP contribution in [0.3, 0.4) is 0 Å². The van der Waals surface area contributed by atoms with Gasteiger partial charge in [0.15, 0.2) is 0 Å². The molecule has 1 aromatic carbocycles. The van der Waals surface area contributed by atoms with Crippen molar-refractivity contribution < 1.29 is 14.3 Å². The summed E-state index contributed by atoms with van der Waals surface area (Å²) in [6, 6.07) is 12.3. The first-order valence-corrected chi connectivity index (χ1v) is 8.06. The third-order valence-electron chi connectivity index (χ3n) is 3.63. The second-order valence-corrected chi connectivity index (χ2v) is 5.53. The zero-order chi connectivity index (χ0) is 18.4. The molecule has 3 rings (SSSR count). The number of nitrogens with one attached hydrogen (secondary N) is 3. The van der Waals surface area contributed by atoms with Crippen molar-refractivity contribution in [3.05, 3.63) is 60.6 Å². The van der Waals surface area contributed by atoms with Gasteiger partial charge in [-0.05, 0) is 30.3 Å².